The SMILES string of the molecule is FC(F)(F)c1cc(I)c(I)cc1-c1nn[nH]n1. The van der Waals surface area contributed by atoms with Crippen LogP contribution in [0.1, 0.15) is 5.56 Å². The lowest BCUT2D eigenvalue weighted by Gasteiger charge is -2.12. The van der Waals surface area contributed by atoms with Crippen LogP contribution in [-0.2, 0) is 6.18 Å². The molecule has 0 fully saturated rings. The van der Waals surface area contributed by atoms with Gasteiger partial charge in [-0.15, -0.1) is 10.2 Å². The van der Waals surface area contributed by atoms with Gasteiger partial charge in [0, 0.05) is 12.7 Å². The average Bonchev–Trinajstić information content (AvgIpc) is 2.73. The van der Waals surface area contributed by atoms with Crippen molar-refractivity contribution in [2.75, 3.05) is 0 Å². The topological polar surface area (TPSA) is 54.5 Å². The fourth-order valence-electron chi connectivity index (χ4n) is 1.24. The highest BCUT2D eigenvalue weighted by Gasteiger charge is 2.35. The van der Waals surface area contributed by atoms with Gasteiger partial charge in [-0.2, -0.15) is 18.4 Å². The van der Waals surface area contributed by atoms with E-state index in [-0.39, 0.29) is 11.4 Å². The lowest BCUT2D eigenvalue weighted by atomic mass is 10.1. The number of nitrogens with zero attached hydrogens (tertiary/aromatic N) is 3. The van der Waals surface area contributed by atoms with Crippen molar-refractivity contribution >= 4 is 45.2 Å². The van der Waals surface area contributed by atoms with Gasteiger partial charge in [0.25, 0.3) is 0 Å². The first-order chi connectivity index (χ1) is 7.89. The Morgan fingerprint density at radius 3 is 2.29 bits per heavy atom. The number of H-pyrrole nitrogens is 1. The van der Waals surface area contributed by atoms with Crippen molar-refractivity contribution in [3.63, 3.8) is 0 Å². The number of aromatic nitrogens is 4. The summed E-state index contributed by atoms with van der Waals surface area (Å²) in [4.78, 5) is 0. The molecule has 90 valence electrons. The van der Waals surface area contributed by atoms with E-state index in [1.54, 1.807) is 0 Å². The highest BCUT2D eigenvalue weighted by atomic mass is 127. The Balaban J connectivity index is 2.69. The van der Waals surface area contributed by atoms with Gasteiger partial charge in [-0.1, -0.05) is 0 Å². The molecule has 0 bridgehead atoms. The van der Waals surface area contributed by atoms with Gasteiger partial charge in [0.15, 0.2) is 0 Å². The van der Waals surface area contributed by atoms with Gasteiger partial charge >= 0.3 is 6.18 Å². The summed E-state index contributed by atoms with van der Waals surface area (Å²) in [6.45, 7) is 0. The number of hydrogen-bond donors (Lipinski definition) is 1. The lowest BCUT2D eigenvalue weighted by molar-refractivity contribution is -0.137. The molecular weight excluding hydrogens is 463 g/mol. The normalized spacial score (nSPS) is 11.8. The van der Waals surface area contributed by atoms with Crippen molar-refractivity contribution in [1.29, 1.82) is 0 Å². The van der Waals surface area contributed by atoms with Gasteiger partial charge in [0.2, 0.25) is 5.82 Å². The van der Waals surface area contributed by atoms with Crippen LogP contribution in [0.3, 0.4) is 0 Å². The molecule has 0 aliphatic rings. The molecule has 0 unspecified atom stereocenters. The van der Waals surface area contributed by atoms with Crippen LogP contribution in [0.15, 0.2) is 12.1 Å². The van der Waals surface area contributed by atoms with Crippen LogP contribution >= 0.6 is 45.2 Å². The number of nitrogens with one attached hydrogen (secondary N) is 1. The Kier molecular flexibility index (Phi) is 3.56. The molecule has 4 nitrogen and oxygen atoms in total. The molecule has 2 rings (SSSR count). The number of aromatic amines is 1. The number of tetrazole rings is 1. The van der Waals surface area contributed by atoms with Gasteiger partial charge in [0.1, 0.15) is 0 Å². The zero-order valence-electron chi connectivity index (χ0n) is 7.89. The molecule has 1 N–H and O–H groups in total. The minimum Gasteiger partial charge on any atom is -0.177 e. The van der Waals surface area contributed by atoms with Crippen molar-refractivity contribution in [2.45, 2.75) is 6.18 Å². The van der Waals surface area contributed by atoms with Gasteiger partial charge < -0.3 is 0 Å². The van der Waals surface area contributed by atoms with E-state index in [9.17, 15) is 13.2 Å². The molecule has 0 spiro atoms. The van der Waals surface area contributed by atoms with Crippen LogP contribution in [0.25, 0.3) is 11.4 Å². The van der Waals surface area contributed by atoms with E-state index in [4.69, 9.17) is 0 Å². The van der Waals surface area contributed by atoms with E-state index in [2.05, 4.69) is 20.6 Å². The molecular formula is C8H3F3I2N4. The molecule has 0 radical (unpaired) electrons. The fraction of sp³-hybridized carbons (Fsp3) is 0.125. The summed E-state index contributed by atoms with van der Waals surface area (Å²) in [7, 11) is 0. The zero-order chi connectivity index (χ0) is 12.6. The van der Waals surface area contributed by atoms with Crippen LogP contribution in [0.5, 0.6) is 0 Å². The van der Waals surface area contributed by atoms with Crippen LogP contribution in [0.4, 0.5) is 13.2 Å². The third-order valence-corrected chi connectivity index (χ3v) is 4.77. The second-order valence-corrected chi connectivity index (χ2v) is 5.37. The van der Waals surface area contributed by atoms with Crippen molar-refractivity contribution < 1.29 is 13.2 Å². The summed E-state index contributed by atoms with van der Waals surface area (Å²) >= 11 is 3.81. The molecule has 0 aliphatic heterocycles. The number of alkyl halides is 3. The number of rotatable bonds is 1. The van der Waals surface area contributed by atoms with Gasteiger partial charge in [-0.3, -0.25) is 0 Å². The van der Waals surface area contributed by atoms with E-state index in [1.807, 2.05) is 45.2 Å². The van der Waals surface area contributed by atoms with Crippen LogP contribution in [0, 0.1) is 7.14 Å². The quantitative estimate of drug-likeness (QED) is 0.658. The van der Waals surface area contributed by atoms with Crippen molar-refractivity contribution in [3.8, 4) is 11.4 Å². The average molecular weight is 466 g/mol. The third kappa shape index (κ3) is 2.69. The molecule has 0 atom stereocenters. The first-order valence-corrected chi connectivity index (χ1v) is 6.35. The molecule has 1 heterocycles. The van der Waals surface area contributed by atoms with E-state index in [0.29, 0.717) is 7.14 Å². The predicted molar refractivity (Wildman–Crippen MR) is 70.0 cm³/mol. The maximum absolute atomic E-state index is 12.9. The van der Waals surface area contributed by atoms with E-state index >= 15 is 0 Å². The maximum Gasteiger partial charge on any atom is 0.417 e. The predicted octanol–water partition coefficient (Wildman–Crippen LogP) is 3.09. The first-order valence-electron chi connectivity index (χ1n) is 4.19. The minimum atomic E-state index is -4.44. The minimum absolute atomic E-state index is 0.0633. The Hall–Kier alpha value is -0.460. The first kappa shape index (κ1) is 13.0. The standard InChI is InChI=1S/C8H3F3I2N4/c9-8(10,11)4-2-6(13)5(12)1-3(4)7-14-16-17-15-7/h1-2H,(H,14,15,16,17). The van der Waals surface area contributed by atoms with E-state index in [1.165, 1.54) is 6.07 Å². The highest BCUT2D eigenvalue weighted by molar-refractivity contribution is 14.1. The third-order valence-electron chi connectivity index (χ3n) is 1.95. The molecule has 0 saturated carbocycles. The Morgan fingerprint density at radius 2 is 1.76 bits per heavy atom. The second-order valence-electron chi connectivity index (χ2n) is 3.05. The molecule has 0 amide bonds. The van der Waals surface area contributed by atoms with Gasteiger partial charge in [-0.25, -0.2) is 0 Å². The Labute approximate surface area is 121 Å². The second kappa shape index (κ2) is 4.66. The summed E-state index contributed by atoms with van der Waals surface area (Å²) < 4.78 is 39.8. The smallest absolute Gasteiger partial charge is 0.177 e. The van der Waals surface area contributed by atoms with Crippen LogP contribution < -0.4 is 0 Å². The van der Waals surface area contributed by atoms with E-state index in [0.717, 1.165) is 6.07 Å². The number of benzene rings is 1. The van der Waals surface area contributed by atoms with E-state index < -0.39 is 11.7 Å². The Morgan fingerprint density at radius 1 is 1.12 bits per heavy atom. The molecule has 0 saturated heterocycles. The summed E-state index contributed by atoms with van der Waals surface area (Å²) in [6.07, 6.45) is -4.44. The summed E-state index contributed by atoms with van der Waals surface area (Å²) in [6, 6.07) is 2.48. The summed E-state index contributed by atoms with van der Waals surface area (Å²) in [5, 5.41) is 12.6. The molecule has 1 aromatic carbocycles. The highest BCUT2D eigenvalue weighted by Crippen LogP contribution is 2.38. The Bertz CT molecular complexity index is 538. The van der Waals surface area contributed by atoms with Crippen molar-refractivity contribution in [2.24, 2.45) is 0 Å². The van der Waals surface area contributed by atoms with Gasteiger partial charge in [-0.05, 0) is 62.5 Å². The fourth-order valence-corrected chi connectivity index (χ4v) is 2.18. The summed E-state index contributed by atoms with van der Waals surface area (Å²) in [5.41, 5.74) is -0.834. The van der Waals surface area contributed by atoms with Crippen LogP contribution in [-0.4, -0.2) is 20.6 Å². The summed E-state index contributed by atoms with van der Waals surface area (Å²) in [5.74, 6) is -0.0633. The number of halogens is 5. The van der Waals surface area contributed by atoms with Crippen molar-refractivity contribution in [3.05, 3.63) is 24.8 Å². The van der Waals surface area contributed by atoms with Crippen molar-refractivity contribution in [1.82, 2.24) is 20.6 Å². The largest absolute Gasteiger partial charge is 0.417 e. The molecule has 2 aromatic rings. The van der Waals surface area contributed by atoms with Crippen LogP contribution in [0.2, 0.25) is 0 Å². The number of hydrogen-bond acceptors (Lipinski definition) is 3. The monoisotopic (exact) mass is 466 g/mol. The zero-order valence-corrected chi connectivity index (χ0v) is 12.2. The molecule has 9 heteroatoms. The van der Waals surface area contributed by atoms with Gasteiger partial charge in [0.05, 0.1) is 5.56 Å². The lowest BCUT2D eigenvalue weighted by Crippen LogP contribution is -2.09. The molecule has 17 heavy (non-hydrogen) atoms. The molecule has 0 aliphatic carbocycles. The maximum atomic E-state index is 12.9. The molecule has 1 aromatic heterocycles.